The largest absolute Gasteiger partial charge is 0.481 e. The van der Waals surface area contributed by atoms with Crippen molar-refractivity contribution in [2.45, 2.75) is 64.2 Å². The lowest BCUT2D eigenvalue weighted by Crippen LogP contribution is -2.29. The second-order valence-electron chi connectivity index (χ2n) is 5.21. The summed E-state index contributed by atoms with van der Waals surface area (Å²) < 4.78 is 0. The maximum Gasteiger partial charge on any atom is 0.307 e. The first-order valence-corrected chi connectivity index (χ1v) is 7.24. The van der Waals surface area contributed by atoms with Gasteiger partial charge in [0.1, 0.15) is 0 Å². The van der Waals surface area contributed by atoms with E-state index in [1.165, 1.54) is 51.4 Å². The number of carbonyl (C=O) groups is 1. The van der Waals surface area contributed by atoms with Crippen LogP contribution in [0.5, 0.6) is 0 Å². The van der Waals surface area contributed by atoms with Gasteiger partial charge >= 0.3 is 5.97 Å². The van der Waals surface area contributed by atoms with Gasteiger partial charge in [-0.2, -0.15) is 0 Å². The molecule has 1 heterocycles. The van der Waals surface area contributed by atoms with Crippen molar-refractivity contribution in [3.05, 3.63) is 0 Å². The zero-order chi connectivity index (χ0) is 12.3. The summed E-state index contributed by atoms with van der Waals surface area (Å²) in [5.41, 5.74) is 0. The van der Waals surface area contributed by atoms with Crippen LogP contribution >= 0.6 is 0 Å². The number of aliphatic carboxylic acids is 1. The van der Waals surface area contributed by atoms with Crippen molar-refractivity contribution in [3.63, 3.8) is 0 Å². The Morgan fingerprint density at radius 3 is 2.00 bits per heavy atom. The van der Waals surface area contributed by atoms with Crippen molar-refractivity contribution >= 4 is 5.97 Å². The van der Waals surface area contributed by atoms with Gasteiger partial charge in [0.25, 0.3) is 0 Å². The van der Waals surface area contributed by atoms with Crippen LogP contribution in [-0.2, 0) is 4.79 Å². The number of nitrogens with one attached hydrogen (secondary N) is 1. The Balaban J connectivity index is 2.26. The van der Waals surface area contributed by atoms with E-state index in [-0.39, 0.29) is 5.92 Å². The van der Waals surface area contributed by atoms with E-state index in [9.17, 15) is 4.79 Å². The molecule has 0 aromatic heterocycles. The number of carboxylic acid groups (broad SMARTS) is 1. The highest BCUT2D eigenvalue weighted by Gasteiger charge is 2.16. The monoisotopic (exact) mass is 241 g/mol. The van der Waals surface area contributed by atoms with Gasteiger partial charge in [-0.15, -0.1) is 0 Å². The molecule has 0 aliphatic carbocycles. The summed E-state index contributed by atoms with van der Waals surface area (Å²) in [7, 11) is 0. The van der Waals surface area contributed by atoms with Crippen LogP contribution in [0.3, 0.4) is 0 Å². The van der Waals surface area contributed by atoms with E-state index in [1.807, 2.05) is 0 Å². The van der Waals surface area contributed by atoms with E-state index in [4.69, 9.17) is 5.11 Å². The summed E-state index contributed by atoms with van der Waals surface area (Å²) in [5, 5.41) is 12.4. The van der Waals surface area contributed by atoms with Gasteiger partial charge in [0.15, 0.2) is 0 Å². The molecule has 100 valence electrons. The average Bonchev–Trinajstić information content (AvgIpc) is 2.31. The van der Waals surface area contributed by atoms with E-state index < -0.39 is 5.97 Å². The SMILES string of the molecule is O=C(O)C1CCCCCCCCCCCNC1. The number of carboxylic acids is 1. The molecule has 1 unspecified atom stereocenters. The summed E-state index contributed by atoms with van der Waals surface area (Å²) >= 11 is 0. The molecule has 1 fully saturated rings. The minimum atomic E-state index is -0.635. The smallest absolute Gasteiger partial charge is 0.307 e. The second-order valence-corrected chi connectivity index (χ2v) is 5.21. The Bertz CT molecular complexity index is 192. The van der Waals surface area contributed by atoms with Crippen LogP contribution in [0.15, 0.2) is 0 Å². The Kier molecular flexibility index (Phi) is 8.06. The van der Waals surface area contributed by atoms with Gasteiger partial charge in [-0.25, -0.2) is 0 Å². The maximum atomic E-state index is 11.1. The lowest BCUT2D eigenvalue weighted by molar-refractivity contribution is -0.141. The van der Waals surface area contributed by atoms with Gasteiger partial charge in [0.2, 0.25) is 0 Å². The molecule has 0 spiro atoms. The predicted molar refractivity (Wildman–Crippen MR) is 70.2 cm³/mol. The Morgan fingerprint density at radius 2 is 1.41 bits per heavy atom. The molecule has 1 atom stereocenters. The highest BCUT2D eigenvalue weighted by Crippen LogP contribution is 2.14. The van der Waals surface area contributed by atoms with Crippen LogP contribution in [0.1, 0.15) is 64.2 Å². The third-order valence-corrected chi connectivity index (χ3v) is 3.65. The zero-order valence-corrected chi connectivity index (χ0v) is 10.9. The molecule has 1 rings (SSSR count). The first kappa shape index (κ1) is 14.5. The van der Waals surface area contributed by atoms with Gasteiger partial charge < -0.3 is 10.4 Å². The van der Waals surface area contributed by atoms with Gasteiger partial charge in [0, 0.05) is 6.54 Å². The molecular weight excluding hydrogens is 214 g/mol. The maximum absolute atomic E-state index is 11.1. The van der Waals surface area contributed by atoms with Crippen LogP contribution in [-0.4, -0.2) is 24.2 Å². The number of hydrogen-bond donors (Lipinski definition) is 2. The molecule has 0 radical (unpaired) electrons. The fourth-order valence-corrected chi connectivity index (χ4v) is 2.47. The van der Waals surface area contributed by atoms with Crippen molar-refractivity contribution < 1.29 is 9.90 Å². The molecule has 3 nitrogen and oxygen atoms in total. The molecule has 1 saturated heterocycles. The van der Waals surface area contributed by atoms with Crippen molar-refractivity contribution in [3.8, 4) is 0 Å². The summed E-state index contributed by atoms with van der Waals surface area (Å²) in [5.74, 6) is -0.817. The van der Waals surface area contributed by atoms with E-state index in [1.54, 1.807) is 0 Å². The van der Waals surface area contributed by atoms with Crippen molar-refractivity contribution in [1.29, 1.82) is 0 Å². The lowest BCUT2D eigenvalue weighted by Gasteiger charge is -2.14. The molecule has 0 amide bonds. The molecule has 17 heavy (non-hydrogen) atoms. The van der Waals surface area contributed by atoms with Crippen LogP contribution in [0.2, 0.25) is 0 Å². The highest BCUT2D eigenvalue weighted by atomic mass is 16.4. The summed E-state index contributed by atoms with van der Waals surface area (Å²) in [4.78, 5) is 11.1. The quantitative estimate of drug-likeness (QED) is 0.741. The van der Waals surface area contributed by atoms with Gasteiger partial charge in [-0.3, -0.25) is 4.79 Å². The minimum absolute atomic E-state index is 0.182. The molecule has 0 aromatic carbocycles. The molecule has 0 saturated carbocycles. The van der Waals surface area contributed by atoms with Crippen molar-refractivity contribution in [1.82, 2.24) is 5.32 Å². The molecule has 3 heteroatoms. The van der Waals surface area contributed by atoms with Crippen LogP contribution in [0.4, 0.5) is 0 Å². The third kappa shape index (κ3) is 7.37. The Labute approximate surface area is 105 Å². The first-order chi connectivity index (χ1) is 8.30. The Morgan fingerprint density at radius 1 is 0.882 bits per heavy atom. The molecule has 1 aliphatic heterocycles. The molecule has 1 aliphatic rings. The molecule has 0 bridgehead atoms. The second kappa shape index (κ2) is 9.46. The van der Waals surface area contributed by atoms with E-state index >= 15 is 0 Å². The topological polar surface area (TPSA) is 49.3 Å². The lowest BCUT2D eigenvalue weighted by atomic mass is 9.99. The minimum Gasteiger partial charge on any atom is -0.481 e. The average molecular weight is 241 g/mol. The van der Waals surface area contributed by atoms with Crippen LogP contribution in [0.25, 0.3) is 0 Å². The fourth-order valence-electron chi connectivity index (χ4n) is 2.47. The van der Waals surface area contributed by atoms with Gasteiger partial charge in [-0.1, -0.05) is 51.4 Å². The normalized spacial score (nSPS) is 26.0. The van der Waals surface area contributed by atoms with Gasteiger partial charge in [0.05, 0.1) is 5.92 Å². The zero-order valence-electron chi connectivity index (χ0n) is 10.9. The number of hydrogen-bond acceptors (Lipinski definition) is 2. The molecule has 2 N–H and O–H groups in total. The summed E-state index contributed by atoms with van der Waals surface area (Å²) in [6.45, 7) is 1.62. The van der Waals surface area contributed by atoms with Crippen molar-refractivity contribution in [2.75, 3.05) is 13.1 Å². The van der Waals surface area contributed by atoms with Crippen molar-refractivity contribution in [2.24, 2.45) is 5.92 Å². The standard InChI is InChI=1S/C14H27NO2/c16-14(17)13-10-8-6-4-2-1-3-5-7-9-11-15-12-13/h13,15H,1-12H2,(H,16,17). The van der Waals surface area contributed by atoms with E-state index in [2.05, 4.69) is 5.32 Å². The summed E-state index contributed by atoms with van der Waals surface area (Å²) in [6.07, 6.45) is 12.2. The summed E-state index contributed by atoms with van der Waals surface area (Å²) in [6, 6.07) is 0. The van der Waals surface area contributed by atoms with Crippen LogP contribution < -0.4 is 5.32 Å². The highest BCUT2D eigenvalue weighted by molar-refractivity contribution is 5.70. The number of rotatable bonds is 1. The first-order valence-electron chi connectivity index (χ1n) is 7.24. The predicted octanol–water partition coefficient (Wildman–Crippen LogP) is 3.19. The van der Waals surface area contributed by atoms with E-state index in [0.29, 0.717) is 6.54 Å². The van der Waals surface area contributed by atoms with Crippen LogP contribution in [0, 0.1) is 5.92 Å². The van der Waals surface area contributed by atoms with Gasteiger partial charge in [-0.05, 0) is 19.4 Å². The molecule has 0 aromatic rings. The molecular formula is C14H27NO2. The fraction of sp³-hybridized carbons (Fsp3) is 0.929. The van der Waals surface area contributed by atoms with E-state index in [0.717, 1.165) is 19.4 Å². The Hall–Kier alpha value is -0.570. The third-order valence-electron chi connectivity index (χ3n) is 3.65.